The van der Waals surface area contributed by atoms with E-state index in [1.54, 1.807) is 11.3 Å². The van der Waals surface area contributed by atoms with Crippen molar-refractivity contribution in [3.8, 4) is 0 Å². The number of aromatic nitrogens is 1. The fourth-order valence-electron chi connectivity index (χ4n) is 2.97. The summed E-state index contributed by atoms with van der Waals surface area (Å²) in [5, 5.41) is 6.69. The van der Waals surface area contributed by atoms with Crippen LogP contribution in [0, 0.1) is 12.8 Å². The van der Waals surface area contributed by atoms with Crippen molar-refractivity contribution in [1.29, 1.82) is 0 Å². The summed E-state index contributed by atoms with van der Waals surface area (Å²) in [5.41, 5.74) is 1.02. The van der Waals surface area contributed by atoms with Crippen molar-refractivity contribution in [3.63, 3.8) is 0 Å². The zero-order valence-corrected chi connectivity index (χ0v) is 12.8. The Morgan fingerprint density at radius 3 is 2.76 bits per heavy atom. The first-order valence-electron chi connectivity index (χ1n) is 7.38. The predicted octanol–water partition coefficient (Wildman–Crippen LogP) is 3.13. The van der Waals surface area contributed by atoms with Crippen LogP contribution in [-0.2, 0) is 0 Å². The lowest BCUT2D eigenvalue weighted by molar-refractivity contribution is -0.143. The van der Waals surface area contributed by atoms with Gasteiger partial charge in [0.1, 0.15) is 5.01 Å². The van der Waals surface area contributed by atoms with Gasteiger partial charge in [0.15, 0.2) is 0 Å². The van der Waals surface area contributed by atoms with Gasteiger partial charge in [-0.15, -0.1) is 11.3 Å². The Morgan fingerprint density at radius 1 is 1.43 bits per heavy atom. The molecule has 3 rings (SSSR count). The molecule has 1 N–H and O–H groups in total. The molecule has 1 saturated heterocycles. The molecule has 0 amide bonds. The van der Waals surface area contributed by atoms with Gasteiger partial charge in [0.2, 0.25) is 0 Å². The molecule has 0 bridgehead atoms. The molecular weight excluding hydrogens is 299 g/mol. The van der Waals surface area contributed by atoms with Gasteiger partial charge in [-0.2, -0.15) is 13.2 Å². The van der Waals surface area contributed by atoms with E-state index >= 15 is 0 Å². The van der Waals surface area contributed by atoms with E-state index in [4.69, 9.17) is 0 Å². The predicted molar refractivity (Wildman–Crippen MR) is 76.4 cm³/mol. The van der Waals surface area contributed by atoms with Crippen LogP contribution >= 0.6 is 11.3 Å². The summed E-state index contributed by atoms with van der Waals surface area (Å²) in [6.45, 7) is 2.18. The maximum absolute atomic E-state index is 12.4. The van der Waals surface area contributed by atoms with Gasteiger partial charge in [0.25, 0.3) is 0 Å². The lowest BCUT2D eigenvalue weighted by atomic mass is 10.1. The van der Waals surface area contributed by atoms with Crippen LogP contribution in [0.3, 0.4) is 0 Å². The largest absolute Gasteiger partial charge is 0.401 e. The molecule has 7 heteroatoms. The number of aryl methyl sites for hydroxylation is 1. The first kappa shape index (κ1) is 15.2. The molecular formula is C14H20F3N3S. The molecule has 0 spiro atoms. The van der Waals surface area contributed by atoms with Crippen LogP contribution < -0.4 is 5.32 Å². The van der Waals surface area contributed by atoms with Crippen LogP contribution in [0.25, 0.3) is 0 Å². The highest BCUT2D eigenvalue weighted by atomic mass is 32.1. The minimum absolute atomic E-state index is 0.141. The third-order valence-corrected chi connectivity index (χ3v) is 5.13. The molecule has 2 heterocycles. The lowest BCUT2D eigenvalue weighted by Gasteiger charge is -2.22. The minimum Gasteiger partial charge on any atom is -0.304 e. The monoisotopic (exact) mass is 319 g/mol. The lowest BCUT2D eigenvalue weighted by Crippen LogP contribution is -2.38. The standard InChI is InChI=1S/C14H20F3N3S/c1-9-7-21-13(18-9)12(10-2-3-10)19-11-4-5-20(6-11)8-14(15,16)17/h7,10-12,19H,2-6,8H2,1H3/t11-,12+/m0/s1. The van der Waals surface area contributed by atoms with Gasteiger partial charge in [-0.3, -0.25) is 4.90 Å². The minimum atomic E-state index is -4.10. The molecule has 1 aromatic heterocycles. The first-order valence-corrected chi connectivity index (χ1v) is 8.26. The fourth-order valence-corrected chi connectivity index (χ4v) is 3.92. The molecule has 0 radical (unpaired) electrons. The average molecular weight is 319 g/mol. The summed E-state index contributed by atoms with van der Waals surface area (Å²) in [7, 11) is 0. The van der Waals surface area contributed by atoms with Crippen molar-refractivity contribution in [2.24, 2.45) is 5.92 Å². The highest BCUT2D eigenvalue weighted by molar-refractivity contribution is 7.09. The van der Waals surface area contributed by atoms with Crippen LogP contribution in [-0.4, -0.2) is 41.7 Å². The van der Waals surface area contributed by atoms with E-state index in [0.717, 1.165) is 17.1 Å². The molecule has 2 atom stereocenters. The normalized spacial score (nSPS) is 25.4. The molecule has 118 valence electrons. The molecule has 1 aliphatic carbocycles. The zero-order chi connectivity index (χ0) is 15.0. The van der Waals surface area contributed by atoms with E-state index in [1.807, 2.05) is 12.3 Å². The van der Waals surface area contributed by atoms with Crippen molar-refractivity contribution in [1.82, 2.24) is 15.2 Å². The molecule has 0 aromatic carbocycles. The quantitative estimate of drug-likeness (QED) is 0.904. The van der Waals surface area contributed by atoms with E-state index in [-0.39, 0.29) is 12.1 Å². The fraction of sp³-hybridized carbons (Fsp3) is 0.786. The Labute approximate surface area is 126 Å². The first-order chi connectivity index (χ1) is 9.90. The van der Waals surface area contributed by atoms with Gasteiger partial charge in [0.05, 0.1) is 12.6 Å². The van der Waals surface area contributed by atoms with Crippen molar-refractivity contribution in [2.45, 2.75) is 44.4 Å². The van der Waals surface area contributed by atoms with Crippen LogP contribution in [0.2, 0.25) is 0 Å². The maximum Gasteiger partial charge on any atom is 0.401 e. The molecule has 1 aromatic rings. The van der Waals surface area contributed by atoms with E-state index in [1.165, 1.54) is 17.7 Å². The SMILES string of the molecule is Cc1csc([C@H](N[C@H]2CCN(CC(F)(F)F)C2)C2CC2)n1. The van der Waals surface area contributed by atoms with E-state index in [0.29, 0.717) is 19.0 Å². The summed E-state index contributed by atoms with van der Waals surface area (Å²) in [5.74, 6) is 0.604. The smallest absolute Gasteiger partial charge is 0.304 e. The zero-order valence-electron chi connectivity index (χ0n) is 12.0. The van der Waals surface area contributed by atoms with Gasteiger partial charge >= 0.3 is 6.18 Å². The molecule has 0 unspecified atom stereocenters. The molecule has 2 fully saturated rings. The molecule has 2 aliphatic rings. The Hall–Kier alpha value is -0.660. The number of alkyl halides is 3. The number of nitrogens with zero attached hydrogens (tertiary/aromatic N) is 2. The summed E-state index contributed by atoms with van der Waals surface area (Å²) >= 11 is 1.65. The van der Waals surface area contributed by atoms with Crippen LogP contribution in [0.15, 0.2) is 5.38 Å². The third-order valence-electron chi connectivity index (χ3n) is 4.09. The Kier molecular flexibility index (Phi) is 4.25. The van der Waals surface area contributed by atoms with Gasteiger partial charge in [-0.1, -0.05) is 0 Å². The molecule has 21 heavy (non-hydrogen) atoms. The van der Waals surface area contributed by atoms with E-state index in [2.05, 4.69) is 10.3 Å². The summed E-state index contributed by atoms with van der Waals surface area (Å²) in [4.78, 5) is 6.05. The summed E-state index contributed by atoms with van der Waals surface area (Å²) < 4.78 is 37.3. The van der Waals surface area contributed by atoms with Crippen molar-refractivity contribution in [2.75, 3.05) is 19.6 Å². The Balaban J connectivity index is 1.58. The van der Waals surface area contributed by atoms with Crippen molar-refractivity contribution >= 4 is 11.3 Å². The second-order valence-corrected chi connectivity index (χ2v) is 7.03. The Morgan fingerprint density at radius 2 is 2.19 bits per heavy atom. The molecule has 3 nitrogen and oxygen atoms in total. The number of nitrogens with one attached hydrogen (secondary N) is 1. The second-order valence-electron chi connectivity index (χ2n) is 6.14. The number of rotatable bonds is 5. The average Bonchev–Trinajstić information content (AvgIpc) is 2.99. The van der Waals surface area contributed by atoms with Gasteiger partial charge < -0.3 is 5.32 Å². The van der Waals surface area contributed by atoms with E-state index < -0.39 is 12.7 Å². The number of hydrogen-bond donors (Lipinski definition) is 1. The summed E-state index contributed by atoms with van der Waals surface area (Å²) in [6, 6.07) is 0.363. The number of likely N-dealkylation sites (tertiary alicyclic amines) is 1. The molecule has 1 saturated carbocycles. The van der Waals surface area contributed by atoms with Crippen LogP contribution in [0.1, 0.15) is 36.0 Å². The maximum atomic E-state index is 12.4. The summed E-state index contributed by atoms with van der Waals surface area (Å²) in [6.07, 6.45) is -0.939. The third kappa shape index (κ3) is 4.17. The van der Waals surface area contributed by atoms with Crippen LogP contribution in [0.5, 0.6) is 0 Å². The second kappa shape index (κ2) is 5.85. The van der Waals surface area contributed by atoms with Crippen molar-refractivity contribution in [3.05, 3.63) is 16.1 Å². The van der Waals surface area contributed by atoms with Gasteiger partial charge in [-0.05, 0) is 32.1 Å². The van der Waals surface area contributed by atoms with Gasteiger partial charge in [0, 0.05) is 30.2 Å². The number of halogens is 3. The number of hydrogen-bond acceptors (Lipinski definition) is 4. The van der Waals surface area contributed by atoms with Crippen molar-refractivity contribution < 1.29 is 13.2 Å². The molecule has 1 aliphatic heterocycles. The van der Waals surface area contributed by atoms with E-state index in [9.17, 15) is 13.2 Å². The highest BCUT2D eigenvalue weighted by Gasteiger charge is 2.38. The topological polar surface area (TPSA) is 28.2 Å². The highest BCUT2D eigenvalue weighted by Crippen LogP contribution is 2.42. The van der Waals surface area contributed by atoms with Gasteiger partial charge in [-0.25, -0.2) is 4.98 Å². The number of thiazole rings is 1. The Bertz CT molecular complexity index is 484. The van der Waals surface area contributed by atoms with Crippen LogP contribution in [0.4, 0.5) is 13.2 Å².